The van der Waals surface area contributed by atoms with Crippen molar-refractivity contribution >= 4 is 7.12 Å². The second-order valence-corrected chi connectivity index (χ2v) is 6.96. The fourth-order valence-electron chi connectivity index (χ4n) is 3.11. The zero-order chi connectivity index (χ0) is 14.4. The Kier molecular flexibility index (Phi) is 3.43. The van der Waals surface area contributed by atoms with Gasteiger partial charge < -0.3 is 14.6 Å². The second-order valence-electron chi connectivity index (χ2n) is 6.96. The number of nitrogens with one attached hydrogen (secondary N) is 1. The molecule has 1 aromatic rings. The molecule has 1 N–H and O–H groups in total. The van der Waals surface area contributed by atoms with Crippen LogP contribution in [0.5, 0.6) is 0 Å². The quantitative estimate of drug-likeness (QED) is 0.840. The monoisotopic (exact) mass is 273 g/mol. The summed E-state index contributed by atoms with van der Waals surface area (Å²) in [7, 11) is -0.125. The van der Waals surface area contributed by atoms with Crippen LogP contribution in [-0.2, 0) is 9.31 Å². The van der Waals surface area contributed by atoms with E-state index in [4.69, 9.17) is 9.31 Å². The van der Waals surface area contributed by atoms with Crippen molar-refractivity contribution in [1.82, 2.24) is 5.32 Å². The summed E-state index contributed by atoms with van der Waals surface area (Å²) < 4.78 is 12.5. The largest absolute Gasteiger partial charge is 0.463 e. The van der Waals surface area contributed by atoms with Crippen LogP contribution >= 0.6 is 0 Å². The van der Waals surface area contributed by atoms with E-state index in [1.165, 1.54) is 5.56 Å². The summed E-state index contributed by atoms with van der Waals surface area (Å²) in [5.74, 6) is 0.837. The molecule has 3 rings (SSSR count). The fourth-order valence-corrected chi connectivity index (χ4v) is 3.11. The fraction of sp³-hybridized carbons (Fsp3) is 0.625. The van der Waals surface area contributed by atoms with Crippen molar-refractivity contribution in [3.8, 4) is 0 Å². The standard InChI is InChI=1S/C16H24BNO2/c1-15(2)16(3,4)20-17(19-15)14-11-18-10-13(14)12-8-6-5-7-9-12/h5-9,13-14,18H,10-11H2,1-4H3. The van der Waals surface area contributed by atoms with Crippen LogP contribution in [-0.4, -0.2) is 31.4 Å². The molecule has 20 heavy (non-hydrogen) atoms. The number of rotatable bonds is 2. The van der Waals surface area contributed by atoms with Crippen LogP contribution in [0.25, 0.3) is 0 Å². The van der Waals surface area contributed by atoms with Gasteiger partial charge in [-0.15, -0.1) is 0 Å². The molecule has 0 bridgehead atoms. The molecule has 2 heterocycles. The van der Waals surface area contributed by atoms with Gasteiger partial charge in [-0.25, -0.2) is 0 Å². The van der Waals surface area contributed by atoms with Gasteiger partial charge in [-0.3, -0.25) is 0 Å². The van der Waals surface area contributed by atoms with Gasteiger partial charge in [-0.1, -0.05) is 30.3 Å². The topological polar surface area (TPSA) is 30.5 Å². The molecular weight excluding hydrogens is 249 g/mol. The first-order valence-electron chi connectivity index (χ1n) is 7.52. The summed E-state index contributed by atoms with van der Waals surface area (Å²) in [6.07, 6.45) is 0. The summed E-state index contributed by atoms with van der Waals surface area (Å²) in [5, 5.41) is 3.49. The third kappa shape index (κ3) is 2.30. The average Bonchev–Trinajstić information content (AvgIpc) is 2.94. The maximum atomic E-state index is 6.24. The van der Waals surface area contributed by atoms with Gasteiger partial charge in [-0.05, 0) is 45.7 Å². The predicted molar refractivity (Wildman–Crippen MR) is 81.9 cm³/mol. The van der Waals surface area contributed by atoms with Gasteiger partial charge in [0.15, 0.2) is 0 Å². The van der Waals surface area contributed by atoms with Crippen LogP contribution in [0.3, 0.4) is 0 Å². The molecular formula is C16H24BNO2. The minimum atomic E-state index is -0.249. The molecule has 0 radical (unpaired) electrons. The zero-order valence-corrected chi connectivity index (χ0v) is 12.8. The maximum absolute atomic E-state index is 6.24. The summed E-state index contributed by atoms with van der Waals surface area (Å²) in [4.78, 5) is 0. The van der Waals surface area contributed by atoms with Gasteiger partial charge in [0.1, 0.15) is 0 Å². The van der Waals surface area contributed by atoms with E-state index in [0.717, 1.165) is 13.1 Å². The Bertz CT molecular complexity index is 459. The Labute approximate surface area is 122 Å². The van der Waals surface area contributed by atoms with Crippen LogP contribution in [0.15, 0.2) is 30.3 Å². The molecule has 0 spiro atoms. The lowest BCUT2D eigenvalue weighted by Gasteiger charge is -2.32. The third-order valence-electron chi connectivity index (χ3n) is 5.11. The smallest absolute Gasteiger partial charge is 0.403 e. The molecule has 3 nitrogen and oxygen atoms in total. The lowest BCUT2D eigenvalue weighted by molar-refractivity contribution is 0.00578. The van der Waals surface area contributed by atoms with Crippen LogP contribution in [0, 0.1) is 0 Å². The Morgan fingerprint density at radius 1 is 1.00 bits per heavy atom. The highest BCUT2D eigenvalue weighted by molar-refractivity contribution is 6.48. The molecule has 2 atom stereocenters. The van der Waals surface area contributed by atoms with E-state index in [2.05, 4.69) is 63.3 Å². The molecule has 108 valence electrons. The second kappa shape index (κ2) is 4.87. The Hall–Kier alpha value is -0.835. The van der Waals surface area contributed by atoms with E-state index in [0.29, 0.717) is 11.7 Å². The minimum absolute atomic E-state index is 0.125. The lowest BCUT2D eigenvalue weighted by atomic mass is 9.65. The Balaban J connectivity index is 1.81. The summed E-state index contributed by atoms with van der Waals surface area (Å²) in [6.45, 7) is 10.4. The van der Waals surface area contributed by atoms with Gasteiger partial charge in [-0.2, -0.15) is 0 Å². The van der Waals surface area contributed by atoms with Crippen LogP contribution in [0.2, 0.25) is 5.82 Å². The molecule has 2 aliphatic rings. The van der Waals surface area contributed by atoms with E-state index in [9.17, 15) is 0 Å². The normalized spacial score (nSPS) is 31.7. The SMILES string of the molecule is CC1(C)OB(C2CNCC2c2ccccc2)OC1(C)C. The molecule has 0 aromatic heterocycles. The van der Waals surface area contributed by atoms with E-state index < -0.39 is 0 Å². The first-order valence-corrected chi connectivity index (χ1v) is 7.52. The predicted octanol–water partition coefficient (Wildman–Crippen LogP) is 2.84. The molecule has 4 heteroatoms. The lowest BCUT2D eigenvalue weighted by Crippen LogP contribution is -2.41. The van der Waals surface area contributed by atoms with Crippen LogP contribution < -0.4 is 5.32 Å². The van der Waals surface area contributed by atoms with Crippen molar-refractivity contribution in [3.05, 3.63) is 35.9 Å². The van der Waals surface area contributed by atoms with Gasteiger partial charge in [0.05, 0.1) is 11.2 Å². The highest BCUT2D eigenvalue weighted by atomic mass is 16.7. The van der Waals surface area contributed by atoms with Crippen molar-refractivity contribution in [2.24, 2.45) is 0 Å². The molecule has 0 saturated carbocycles. The van der Waals surface area contributed by atoms with Crippen molar-refractivity contribution in [1.29, 1.82) is 0 Å². The van der Waals surface area contributed by atoms with E-state index in [1.807, 2.05) is 0 Å². The van der Waals surface area contributed by atoms with Crippen molar-refractivity contribution < 1.29 is 9.31 Å². The van der Waals surface area contributed by atoms with Crippen LogP contribution in [0.4, 0.5) is 0 Å². The third-order valence-corrected chi connectivity index (χ3v) is 5.11. The highest BCUT2D eigenvalue weighted by Gasteiger charge is 2.55. The van der Waals surface area contributed by atoms with Crippen molar-refractivity contribution in [2.75, 3.05) is 13.1 Å². The summed E-state index contributed by atoms with van der Waals surface area (Å²) in [6, 6.07) is 10.7. The maximum Gasteiger partial charge on any atom is 0.463 e. The van der Waals surface area contributed by atoms with Crippen molar-refractivity contribution in [2.45, 2.75) is 50.6 Å². The van der Waals surface area contributed by atoms with Gasteiger partial charge in [0, 0.05) is 12.4 Å². The van der Waals surface area contributed by atoms with Gasteiger partial charge in [0.25, 0.3) is 0 Å². The molecule has 2 unspecified atom stereocenters. The molecule has 0 aliphatic carbocycles. The first-order chi connectivity index (χ1) is 9.41. The van der Waals surface area contributed by atoms with E-state index in [-0.39, 0.29) is 18.3 Å². The summed E-state index contributed by atoms with van der Waals surface area (Å²) >= 11 is 0. The zero-order valence-electron chi connectivity index (χ0n) is 12.8. The Morgan fingerprint density at radius 3 is 2.20 bits per heavy atom. The number of benzene rings is 1. The molecule has 0 amide bonds. The molecule has 2 fully saturated rings. The highest BCUT2D eigenvalue weighted by Crippen LogP contribution is 2.45. The van der Waals surface area contributed by atoms with E-state index >= 15 is 0 Å². The Morgan fingerprint density at radius 2 is 1.60 bits per heavy atom. The molecule has 2 saturated heterocycles. The number of hydrogen-bond acceptors (Lipinski definition) is 3. The average molecular weight is 273 g/mol. The first kappa shape index (κ1) is 14.1. The van der Waals surface area contributed by atoms with E-state index in [1.54, 1.807) is 0 Å². The van der Waals surface area contributed by atoms with Gasteiger partial charge >= 0.3 is 7.12 Å². The summed E-state index contributed by atoms with van der Waals surface area (Å²) in [5.41, 5.74) is 0.875. The van der Waals surface area contributed by atoms with Crippen LogP contribution in [0.1, 0.15) is 39.2 Å². The van der Waals surface area contributed by atoms with Gasteiger partial charge in [0.2, 0.25) is 0 Å². The number of hydrogen-bond donors (Lipinski definition) is 1. The minimum Gasteiger partial charge on any atom is -0.403 e. The van der Waals surface area contributed by atoms with Crippen molar-refractivity contribution in [3.63, 3.8) is 0 Å². The molecule has 2 aliphatic heterocycles. The molecule has 1 aromatic carbocycles.